The second kappa shape index (κ2) is 20.8. The van der Waals surface area contributed by atoms with Crippen molar-refractivity contribution in [3.05, 3.63) is 11.8 Å². The Labute approximate surface area is 220 Å². The Morgan fingerprint density at radius 1 is 0.857 bits per heavy atom. The molecule has 0 aliphatic carbocycles. The molecule has 0 amide bonds. The van der Waals surface area contributed by atoms with Gasteiger partial charge in [-0.15, -0.1) is 0 Å². The van der Waals surface area contributed by atoms with Gasteiger partial charge in [0.15, 0.2) is 5.70 Å². The van der Waals surface area contributed by atoms with E-state index in [-0.39, 0.29) is 0 Å². The van der Waals surface area contributed by atoms with Crippen LogP contribution in [0.2, 0.25) is 0 Å². The third kappa shape index (κ3) is 46.6. The first kappa shape index (κ1) is 38.2. The average molecular weight is 499 g/mol. The second-order valence-corrected chi connectivity index (χ2v) is 14.0. The maximum absolute atomic E-state index is 5.23. The summed E-state index contributed by atoms with van der Waals surface area (Å²) in [5, 5.41) is 0. The van der Waals surface area contributed by atoms with E-state index in [9.17, 15) is 0 Å². The van der Waals surface area contributed by atoms with Gasteiger partial charge < -0.3 is 5.73 Å². The van der Waals surface area contributed by atoms with Gasteiger partial charge in [-0.3, -0.25) is 16.5 Å². The van der Waals surface area contributed by atoms with Crippen molar-refractivity contribution in [3.63, 3.8) is 0 Å². The molecule has 1 heterocycles. The Morgan fingerprint density at radius 2 is 1.31 bits per heavy atom. The topological polar surface area (TPSA) is 108 Å². The first-order chi connectivity index (χ1) is 15.8. The molecule has 5 nitrogen and oxygen atoms in total. The molecule has 1 aliphatic rings. The highest BCUT2D eigenvalue weighted by Crippen LogP contribution is 2.22. The van der Waals surface area contributed by atoms with Crippen molar-refractivity contribution < 1.29 is 15.7 Å². The molecule has 0 unspecified atom stereocenters. The summed E-state index contributed by atoms with van der Waals surface area (Å²) in [4.78, 5) is 6.16. The van der Waals surface area contributed by atoms with Gasteiger partial charge in [0.1, 0.15) is 6.21 Å². The standard InChI is InChI=1S/C10H17N.C8H19N3.C8H19N.C4H10/c1-10(2,3)7-6-9-5-4-8-11-9;1-8(2,3)5-4-6-11-7(9)10;1-8(2,3)6-4-5-7-9;1-4(2)3/h5,8H,4,6-7H2,1-3H3;4-6H2,1-3H3,(H4,9,10,11);4-7,9H2,1-3H3;4H,1-3H3/p+3. The van der Waals surface area contributed by atoms with Crippen molar-refractivity contribution in [1.29, 1.82) is 0 Å². The van der Waals surface area contributed by atoms with Crippen molar-refractivity contribution in [2.45, 2.75) is 134 Å². The predicted molar refractivity (Wildman–Crippen MR) is 158 cm³/mol. The largest absolute Gasteiger partial charge is 0.358 e. The van der Waals surface area contributed by atoms with Crippen LogP contribution in [-0.4, -0.2) is 25.3 Å². The molecule has 0 saturated heterocycles. The lowest BCUT2D eigenvalue weighted by Gasteiger charge is -2.16. The van der Waals surface area contributed by atoms with Gasteiger partial charge in [-0.2, -0.15) is 0 Å². The Kier molecular flexibility index (Phi) is 22.7. The lowest BCUT2D eigenvalue weighted by atomic mass is 9.90. The molecule has 0 aromatic heterocycles. The van der Waals surface area contributed by atoms with Crippen LogP contribution in [-0.2, 0) is 0 Å². The zero-order valence-corrected chi connectivity index (χ0v) is 26.2. The number of unbranched alkanes of at least 4 members (excludes halogenated alkanes) is 1. The first-order valence-corrected chi connectivity index (χ1v) is 14.0. The molecule has 1 aliphatic heterocycles. The number of allylic oxidation sites excluding steroid dienone is 2. The zero-order chi connectivity index (χ0) is 28.1. The summed E-state index contributed by atoms with van der Waals surface area (Å²) in [5.41, 5.74) is 17.1. The smallest absolute Gasteiger partial charge is 0.338 e. The van der Waals surface area contributed by atoms with Gasteiger partial charge in [-0.25, -0.2) is 4.99 Å². The van der Waals surface area contributed by atoms with E-state index in [0.717, 1.165) is 31.8 Å². The fourth-order valence-electron chi connectivity index (χ4n) is 2.82. The molecule has 35 heavy (non-hydrogen) atoms. The van der Waals surface area contributed by atoms with E-state index in [1.165, 1.54) is 44.2 Å². The molecule has 0 saturated carbocycles. The molecule has 0 radical (unpaired) electrons. The maximum Gasteiger partial charge on any atom is 0.338 e. The number of hydrogen-bond donors (Lipinski definition) is 5. The summed E-state index contributed by atoms with van der Waals surface area (Å²) in [5.74, 6) is 1.15. The van der Waals surface area contributed by atoms with Gasteiger partial charge in [0.05, 0.1) is 13.1 Å². The Balaban J connectivity index is -0.000000409. The van der Waals surface area contributed by atoms with Crippen LogP contribution < -0.4 is 27.2 Å². The molecule has 210 valence electrons. The van der Waals surface area contributed by atoms with Crippen molar-refractivity contribution >= 4 is 12.2 Å². The maximum atomic E-state index is 5.23. The number of nitrogens with two attached hydrogens (primary N) is 2. The van der Waals surface area contributed by atoms with Crippen molar-refractivity contribution in [3.8, 4) is 0 Å². The predicted octanol–water partition coefficient (Wildman–Crippen LogP) is 3.53. The van der Waals surface area contributed by atoms with Crippen LogP contribution in [0.1, 0.15) is 134 Å². The van der Waals surface area contributed by atoms with E-state index >= 15 is 0 Å². The van der Waals surface area contributed by atoms with Crippen molar-refractivity contribution in [2.24, 2.45) is 33.6 Å². The summed E-state index contributed by atoms with van der Waals surface area (Å²) in [7, 11) is 0. The molecular formula is C30H68N5+3. The van der Waals surface area contributed by atoms with Crippen LogP contribution in [0.5, 0.6) is 0 Å². The molecule has 5 heteroatoms. The Morgan fingerprint density at radius 3 is 1.66 bits per heavy atom. The van der Waals surface area contributed by atoms with Gasteiger partial charge in [-0.05, 0) is 66.8 Å². The third-order valence-electron chi connectivity index (χ3n) is 4.77. The Hall–Kier alpha value is -1.36. The van der Waals surface area contributed by atoms with Crippen LogP contribution in [0.3, 0.4) is 0 Å². The van der Waals surface area contributed by atoms with Gasteiger partial charge in [0, 0.05) is 12.8 Å². The molecule has 0 spiro atoms. The van der Waals surface area contributed by atoms with E-state index in [0.29, 0.717) is 22.2 Å². The summed E-state index contributed by atoms with van der Waals surface area (Å²) >= 11 is 0. The highest BCUT2D eigenvalue weighted by molar-refractivity contribution is 5.69. The number of hydrogen-bond acceptors (Lipinski definition) is 0. The quantitative estimate of drug-likeness (QED) is 0.200. The van der Waals surface area contributed by atoms with Crippen LogP contribution in [0, 0.1) is 22.2 Å². The van der Waals surface area contributed by atoms with Crippen LogP contribution in [0.25, 0.3) is 0 Å². The molecule has 1 rings (SSSR count). The highest BCUT2D eigenvalue weighted by Gasteiger charge is 2.14. The normalized spacial score (nSPS) is 13.0. The van der Waals surface area contributed by atoms with E-state index in [2.05, 4.69) is 111 Å². The number of rotatable bonds is 8. The van der Waals surface area contributed by atoms with Crippen LogP contribution in [0.15, 0.2) is 11.8 Å². The first-order valence-electron chi connectivity index (χ1n) is 14.0. The minimum absolute atomic E-state index is 0.318. The number of nitrogens with one attached hydrogen (secondary N) is 2. The molecule has 0 aromatic rings. The van der Waals surface area contributed by atoms with E-state index in [1.54, 1.807) is 0 Å². The second-order valence-electron chi connectivity index (χ2n) is 14.0. The van der Waals surface area contributed by atoms with Gasteiger partial charge in [0.2, 0.25) is 0 Å². The molecule has 9 N–H and O–H groups in total. The molecule has 0 atom stereocenters. The zero-order valence-electron chi connectivity index (χ0n) is 26.2. The molecular weight excluding hydrogens is 430 g/mol. The molecule has 0 fully saturated rings. The molecule has 0 aromatic carbocycles. The molecule has 0 bridgehead atoms. The minimum atomic E-state index is 0.318. The monoisotopic (exact) mass is 499 g/mol. The van der Waals surface area contributed by atoms with Crippen LogP contribution in [0.4, 0.5) is 0 Å². The third-order valence-corrected chi connectivity index (χ3v) is 4.77. The average Bonchev–Trinajstić information content (AvgIpc) is 3.16. The van der Waals surface area contributed by atoms with E-state index in [1.807, 2.05) is 0 Å². The van der Waals surface area contributed by atoms with Crippen LogP contribution >= 0.6 is 0 Å². The van der Waals surface area contributed by atoms with Gasteiger partial charge in [-0.1, -0.05) is 83.1 Å². The number of guanidine groups is 1. The fraction of sp³-hybridized carbons (Fsp3) is 0.867. The van der Waals surface area contributed by atoms with Gasteiger partial charge in [0.25, 0.3) is 0 Å². The summed E-state index contributed by atoms with van der Waals surface area (Å²) in [6, 6.07) is 0. The lowest BCUT2D eigenvalue weighted by Crippen LogP contribution is -2.78. The van der Waals surface area contributed by atoms with Crippen molar-refractivity contribution in [2.75, 3.05) is 13.1 Å². The summed E-state index contributed by atoms with van der Waals surface area (Å²) in [6.45, 7) is 28.9. The van der Waals surface area contributed by atoms with E-state index < -0.39 is 0 Å². The van der Waals surface area contributed by atoms with Gasteiger partial charge >= 0.3 is 5.96 Å². The minimum Gasteiger partial charge on any atom is -0.358 e. The van der Waals surface area contributed by atoms with Crippen molar-refractivity contribution in [1.82, 2.24) is 0 Å². The lowest BCUT2D eigenvalue weighted by molar-refractivity contribution is -0.460. The highest BCUT2D eigenvalue weighted by atomic mass is 15.0. The summed E-state index contributed by atoms with van der Waals surface area (Å²) in [6.07, 6.45) is 14.2. The Bertz CT molecular complexity index is 560. The fourth-order valence-corrected chi connectivity index (χ4v) is 2.82. The SMILES string of the molecule is CC(C)(C)CCC1=CCC=[NH+]1.CC(C)(C)CCCC[NH3+].CC(C)(C)CCC[NH+]=C(N)N.CC(C)C. The number of quaternary nitrogens is 1. The van der Waals surface area contributed by atoms with E-state index in [4.69, 9.17) is 11.5 Å². The summed E-state index contributed by atoms with van der Waals surface area (Å²) < 4.78 is 0.